The number of nitrogens with zero attached hydrogens (tertiary/aromatic N) is 1. The van der Waals surface area contributed by atoms with Crippen LogP contribution in [0.25, 0.3) is 0 Å². The second-order valence-corrected chi connectivity index (χ2v) is 22.9. The molecule has 0 saturated carbocycles. The van der Waals surface area contributed by atoms with Crippen LogP contribution < -0.4 is 10.2 Å². The number of rotatable bonds is 54. The Kier molecular flexibility index (Phi) is 48.9. The highest BCUT2D eigenvalue weighted by molar-refractivity contribution is 7.45. The summed E-state index contributed by atoms with van der Waals surface area (Å²) in [6.07, 6.45) is 57.1. The molecule has 10 heteroatoms. The minimum absolute atomic E-state index is 0.0202. The van der Waals surface area contributed by atoms with Crippen molar-refractivity contribution in [2.45, 2.75) is 303 Å². The van der Waals surface area contributed by atoms with E-state index in [9.17, 15) is 19.0 Å². The Morgan fingerprint density at radius 1 is 0.493 bits per heavy atom. The number of carbonyl (C=O) groups is 2. The van der Waals surface area contributed by atoms with Crippen molar-refractivity contribution in [1.82, 2.24) is 5.32 Å². The average Bonchev–Trinajstić information content (AvgIpc) is 3.31. The van der Waals surface area contributed by atoms with E-state index < -0.39 is 20.0 Å². The van der Waals surface area contributed by atoms with Gasteiger partial charge in [-0.1, -0.05) is 251 Å². The zero-order chi connectivity index (χ0) is 50.8. The number of nitrogens with one attached hydrogen (secondary N) is 1. The highest BCUT2D eigenvalue weighted by Crippen LogP contribution is 2.38. The number of amides is 1. The first-order valence-electron chi connectivity index (χ1n) is 29.6. The summed E-state index contributed by atoms with van der Waals surface area (Å²) in [5.41, 5.74) is 0. The van der Waals surface area contributed by atoms with E-state index in [4.69, 9.17) is 13.8 Å². The zero-order valence-electron chi connectivity index (χ0n) is 46.5. The van der Waals surface area contributed by atoms with Gasteiger partial charge in [-0.05, 0) is 51.0 Å². The van der Waals surface area contributed by atoms with Crippen LogP contribution in [0.4, 0.5) is 0 Å². The van der Waals surface area contributed by atoms with Crippen LogP contribution in [0.5, 0.6) is 0 Å². The van der Waals surface area contributed by atoms with Gasteiger partial charge < -0.3 is 28.5 Å². The number of quaternary nitrogens is 1. The molecule has 0 bridgehead atoms. The molecule has 0 rings (SSSR count). The summed E-state index contributed by atoms with van der Waals surface area (Å²) in [6, 6.07) is -0.884. The van der Waals surface area contributed by atoms with E-state index in [-0.39, 0.29) is 31.5 Å². The van der Waals surface area contributed by atoms with Gasteiger partial charge in [0.05, 0.1) is 33.8 Å². The van der Waals surface area contributed by atoms with E-state index in [2.05, 4.69) is 38.2 Å². The van der Waals surface area contributed by atoms with Gasteiger partial charge in [-0.15, -0.1) is 0 Å². The molecule has 0 aromatic rings. The molecule has 0 spiro atoms. The summed E-state index contributed by atoms with van der Waals surface area (Å²) in [5, 5.41) is 3.03. The van der Waals surface area contributed by atoms with Crippen molar-refractivity contribution in [1.29, 1.82) is 0 Å². The second kappa shape index (κ2) is 50.0. The second-order valence-electron chi connectivity index (χ2n) is 21.5. The van der Waals surface area contributed by atoms with Crippen LogP contribution in [0.1, 0.15) is 290 Å². The predicted octanol–water partition coefficient (Wildman–Crippen LogP) is 17.1. The zero-order valence-corrected chi connectivity index (χ0v) is 47.4. The van der Waals surface area contributed by atoms with Crippen molar-refractivity contribution < 1.29 is 37.3 Å². The molecule has 408 valence electrons. The predicted molar refractivity (Wildman–Crippen MR) is 293 cm³/mol. The van der Waals surface area contributed by atoms with E-state index in [0.717, 1.165) is 83.5 Å². The largest absolute Gasteiger partial charge is 0.756 e. The van der Waals surface area contributed by atoms with Gasteiger partial charge in [-0.2, -0.15) is 0 Å². The molecule has 1 amide bonds. The topological polar surface area (TPSA) is 114 Å². The number of phosphoric ester groups is 1. The number of carbonyl (C=O) groups excluding carboxylic acids is 2. The summed E-state index contributed by atoms with van der Waals surface area (Å²) in [6.45, 7) is 6.83. The molecule has 0 heterocycles. The molecule has 3 unspecified atom stereocenters. The lowest BCUT2D eigenvalue weighted by Crippen LogP contribution is -2.47. The van der Waals surface area contributed by atoms with Gasteiger partial charge in [-0.3, -0.25) is 14.2 Å². The highest BCUT2D eigenvalue weighted by Gasteiger charge is 2.27. The van der Waals surface area contributed by atoms with Gasteiger partial charge in [0.15, 0.2) is 0 Å². The summed E-state index contributed by atoms with van der Waals surface area (Å²) >= 11 is 0. The fourth-order valence-electron chi connectivity index (χ4n) is 8.74. The summed E-state index contributed by atoms with van der Waals surface area (Å²) in [5.74, 6) is -0.539. The van der Waals surface area contributed by atoms with E-state index >= 15 is 0 Å². The summed E-state index contributed by atoms with van der Waals surface area (Å²) in [7, 11) is 1.19. The molecular weight excluding hydrogens is 880 g/mol. The lowest BCUT2D eigenvalue weighted by atomic mass is 10.0. The number of allylic oxidation sites excluding steroid dienone is 3. The first kappa shape index (κ1) is 67.5. The lowest BCUT2D eigenvalue weighted by Gasteiger charge is -2.30. The van der Waals surface area contributed by atoms with Crippen molar-refractivity contribution in [3.05, 3.63) is 24.3 Å². The Morgan fingerprint density at radius 3 is 1.28 bits per heavy atom. The van der Waals surface area contributed by atoms with Gasteiger partial charge in [0.25, 0.3) is 7.82 Å². The van der Waals surface area contributed by atoms with E-state index in [1.807, 2.05) is 33.3 Å². The molecule has 1 N–H and O–H groups in total. The molecule has 9 nitrogen and oxygen atoms in total. The summed E-state index contributed by atoms with van der Waals surface area (Å²) in [4.78, 5) is 39.8. The van der Waals surface area contributed by atoms with Crippen LogP contribution in [-0.4, -0.2) is 69.4 Å². The Morgan fingerprint density at radius 2 is 0.855 bits per heavy atom. The molecule has 0 aliphatic carbocycles. The Bertz CT molecular complexity index is 1240. The first-order valence-corrected chi connectivity index (χ1v) is 31.1. The highest BCUT2D eigenvalue weighted by atomic mass is 31.2. The molecule has 3 atom stereocenters. The van der Waals surface area contributed by atoms with Crippen LogP contribution in [0.3, 0.4) is 0 Å². The van der Waals surface area contributed by atoms with E-state index in [0.29, 0.717) is 17.4 Å². The van der Waals surface area contributed by atoms with Gasteiger partial charge in [-0.25, -0.2) is 0 Å². The van der Waals surface area contributed by atoms with Crippen LogP contribution in [-0.2, 0) is 27.9 Å². The number of hydrogen-bond donors (Lipinski definition) is 1. The number of hydrogen-bond acceptors (Lipinski definition) is 7. The fraction of sp³-hybridized carbons (Fsp3) is 0.898. The molecule has 0 aromatic heterocycles. The van der Waals surface area contributed by atoms with Crippen molar-refractivity contribution in [3.63, 3.8) is 0 Å². The smallest absolute Gasteiger partial charge is 0.306 e. The standard InChI is InChI=1S/C59H115N2O7P/c1-7-10-13-16-19-22-25-27-28-29-30-31-32-34-37-39-42-45-48-51-58(62)60-56(55-67-69(64,65)66-54-53-61(4,5)6)57(50-47-44-41-38-36-33-26-23-20-17-14-11-8-2)68-59(63)52-49-46-43-40-35-24-21-18-15-12-9-3/h18,21,47,50,56-57H,7-17,19-20,22-46,48-49,51-55H2,1-6H3,(H-,60,62,64,65)/b21-18-,50-47+. The molecule has 0 saturated heterocycles. The van der Waals surface area contributed by atoms with Gasteiger partial charge >= 0.3 is 5.97 Å². The molecule has 0 aliphatic rings. The third kappa shape index (κ3) is 51.2. The number of likely N-dealkylation sites (N-methyl/N-ethyl adjacent to an activating group) is 1. The minimum atomic E-state index is -4.69. The third-order valence-electron chi connectivity index (χ3n) is 13.4. The Balaban J connectivity index is 5.24. The minimum Gasteiger partial charge on any atom is -0.756 e. The van der Waals surface area contributed by atoms with Gasteiger partial charge in [0.1, 0.15) is 19.3 Å². The molecule has 0 aromatic carbocycles. The van der Waals surface area contributed by atoms with Crippen LogP contribution in [0.15, 0.2) is 24.3 Å². The lowest BCUT2D eigenvalue weighted by molar-refractivity contribution is -0.870. The average molecular weight is 996 g/mol. The molecule has 0 fully saturated rings. The van der Waals surface area contributed by atoms with E-state index in [1.165, 1.54) is 173 Å². The number of unbranched alkanes of at least 4 members (excludes halogenated alkanes) is 36. The number of phosphoric acid groups is 1. The van der Waals surface area contributed by atoms with E-state index in [1.54, 1.807) is 0 Å². The number of esters is 1. The number of ether oxygens (including phenoxy) is 1. The summed E-state index contributed by atoms with van der Waals surface area (Å²) < 4.78 is 30.2. The third-order valence-corrected chi connectivity index (χ3v) is 14.3. The maximum Gasteiger partial charge on any atom is 0.306 e. The maximum absolute atomic E-state index is 13.5. The van der Waals surface area contributed by atoms with Crippen molar-refractivity contribution in [2.24, 2.45) is 0 Å². The van der Waals surface area contributed by atoms with Crippen molar-refractivity contribution >= 4 is 19.7 Å². The fourth-order valence-corrected chi connectivity index (χ4v) is 9.46. The monoisotopic (exact) mass is 995 g/mol. The SMILES string of the molecule is CCCC/C=C\CCCCCCCC(=O)OC(/C=C/CCCCCCCCCCCCC)C(COP(=O)([O-])OCC[N+](C)(C)C)NC(=O)CCCCCCCCCCCCCCCCCCCCC. The Hall–Kier alpha value is -1.51. The normalized spacial score (nSPS) is 13.9. The molecular formula is C59H115N2O7P. The molecule has 0 aliphatic heterocycles. The van der Waals surface area contributed by atoms with Crippen molar-refractivity contribution in [2.75, 3.05) is 40.9 Å². The van der Waals surface area contributed by atoms with Gasteiger partial charge in [0, 0.05) is 12.8 Å². The van der Waals surface area contributed by atoms with Crippen molar-refractivity contribution in [3.8, 4) is 0 Å². The van der Waals surface area contributed by atoms with Gasteiger partial charge in [0.2, 0.25) is 5.91 Å². The quantitative estimate of drug-likeness (QED) is 0.0212. The Labute approximate surface area is 428 Å². The molecule has 69 heavy (non-hydrogen) atoms. The van der Waals surface area contributed by atoms with Crippen LogP contribution >= 0.6 is 7.82 Å². The van der Waals surface area contributed by atoms with Crippen LogP contribution in [0, 0.1) is 0 Å². The van der Waals surface area contributed by atoms with Crippen LogP contribution in [0.2, 0.25) is 0 Å². The first-order chi connectivity index (χ1) is 33.4. The molecule has 0 radical (unpaired) electrons. The maximum atomic E-state index is 13.5.